The molecule has 0 unspecified atom stereocenters. The van der Waals surface area contributed by atoms with E-state index in [1.54, 1.807) is 36.2 Å². The molecule has 0 saturated heterocycles. The van der Waals surface area contributed by atoms with Crippen molar-refractivity contribution in [2.24, 2.45) is 0 Å². The van der Waals surface area contributed by atoms with Gasteiger partial charge in [-0.2, -0.15) is 5.10 Å². The molecule has 27 heavy (non-hydrogen) atoms. The van der Waals surface area contributed by atoms with Gasteiger partial charge in [0.2, 0.25) is 0 Å². The van der Waals surface area contributed by atoms with E-state index in [0.29, 0.717) is 6.54 Å². The van der Waals surface area contributed by atoms with Gasteiger partial charge in [0.05, 0.1) is 16.6 Å². The van der Waals surface area contributed by atoms with Crippen LogP contribution in [0.1, 0.15) is 41.9 Å². The number of nitrogens with zero attached hydrogens (tertiary/aromatic N) is 2. The second-order valence-corrected chi connectivity index (χ2v) is 8.97. The molecule has 1 aromatic heterocycles. The van der Waals surface area contributed by atoms with Crippen molar-refractivity contribution in [3.8, 4) is 0 Å². The number of aromatic amines is 1. The molecular weight excluding hydrogens is 364 g/mol. The standard InChI is InChI=1S/C19H28N4O3S/c1-13(16-8-10-17(11-9-16)27(5,25)26)20-19(24)23(4)12-6-7-18-14(2)21-22-15(18)3/h8-11,13H,6-7,12H2,1-5H3,(H,20,24)(H,21,22)/t13-/m1/s1. The van der Waals surface area contributed by atoms with E-state index in [1.165, 1.54) is 11.8 Å². The first-order valence-electron chi connectivity index (χ1n) is 8.91. The Morgan fingerprint density at radius 1 is 1.26 bits per heavy atom. The minimum absolute atomic E-state index is 0.157. The lowest BCUT2D eigenvalue weighted by Gasteiger charge is -2.22. The Bertz CT molecular complexity index is 869. The zero-order valence-electron chi connectivity index (χ0n) is 16.5. The number of aromatic nitrogens is 2. The predicted molar refractivity (Wildman–Crippen MR) is 106 cm³/mol. The molecule has 2 amide bonds. The topological polar surface area (TPSA) is 95.2 Å². The van der Waals surface area contributed by atoms with Crippen LogP contribution in [0.5, 0.6) is 0 Å². The largest absolute Gasteiger partial charge is 0.331 e. The molecule has 0 aliphatic heterocycles. The summed E-state index contributed by atoms with van der Waals surface area (Å²) in [5, 5.41) is 10.1. The maximum Gasteiger partial charge on any atom is 0.317 e. The van der Waals surface area contributed by atoms with Crippen LogP contribution in [0.4, 0.5) is 4.79 Å². The maximum absolute atomic E-state index is 12.4. The van der Waals surface area contributed by atoms with Crippen LogP contribution in [0.2, 0.25) is 0 Å². The lowest BCUT2D eigenvalue weighted by molar-refractivity contribution is 0.205. The van der Waals surface area contributed by atoms with Crippen molar-refractivity contribution in [1.29, 1.82) is 0 Å². The fraction of sp³-hybridized carbons (Fsp3) is 0.474. The number of sulfone groups is 1. The minimum atomic E-state index is -3.22. The summed E-state index contributed by atoms with van der Waals surface area (Å²) in [7, 11) is -1.45. The van der Waals surface area contributed by atoms with Gasteiger partial charge in [-0.05, 0) is 56.9 Å². The quantitative estimate of drug-likeness (QED) is 0.757. The van der Waals surface area contributed by atoms with Gasteiger partial charge < -0.3 is 10.2 Å². The summed E-state index contributed by atoms with van der Waals surface area (Å²) in [6, 6.07) is 6.21. The number of nitrogens with one attached hydrogen (secondary N) is 2. The Morgan fingerprint density at radius 2 is 1.89 bits per heavy atom. The number of hydrogen-bond acceptors (Lipinski definition) is 4. The van der Waals surface area contributed by atoms with E-state index < -0.39 is 9.84 Å². The monoisotopic (exact) mass is 392 g/mol. The van der Waals surface area contributed by atoms with Crippen molar-refractivity contribution in [2.45, 2.75) is 44.6 Å². The zero-order valence-corrected chi connectivity index (χ0v) is 17.4. The van der Waals surface area contributed by atoms with Crippen LogP contribution in [0.25, 0.3) is 0 Å². The van der Waals surface area contributed by atoms with Gasteiger partial charge in [-0.1, -0.05) is 12.1 Å². The number of rotatable bonds is 7. The molecule has 0 aliphatic rings. The number of carbonyl (C=O) groups is 1. The summed E-state index contributed by atoms with van der Waals surface area (Å²) >= 11 is 0. The van der Waals surface area contributed by atoms with Crippen LogP contribution in [0, 0.1) is 13.8 Å². The molecule has 2 N–H and O–H groups in total. The highest BCUT2D eigenvalue weighted by Crippen LogP contribution is 2.17. The molecule has 1 aromatic carbocycles. The third-order valence-electron chi connectivity index (χ3n) is 4.70. The third kappa shape index (κ3) is 5.56. The number of benzene rings is 1. The van der Waals surface area contributed by atoms with E-state index in [9.17, 15) is 13.2 Å². The molecule has 8 heteroatoms. The molecular formula is C19H28N4O3S. The molecule has 0 bridgehead atoms. The Kier molecular flexibility index (Phi) is 6.64. The molecule has 0 spiro atoms. The number of aryl methyl sites for hydroxylation is 2. The van der Waals surface area contributed by atoms with E-state index in [2.05, 4.69) is 15.5 Å². The van der Waals surface area contributed by atoms with Crippen LogP contribution in [0.3, 0.4) is 0 Å². The summed E-state index contributed by atoms with van der Waals surface area (Å²) in [5.74, 6) is 0. The second-order valence-electron chi connectivity index (χ2n) is 6.95. The Balaban J connectivity index is 1.86. The first-order valence-corrected chi connectivity index (χ1v) is 10.8. The average Bonchev–Trinajstić information content (AvgIpc) is 2.92. The maximum atomic E-state index is 12.4. The Labute approximate surface area is 161 Å². The van der Waals surface area contributed by atoms with Gasteiger partial charge >= 0.3 is 6.03 Å². The molecule has 1 atom stereocenters. The van der Waals surface area contributed by atoms with E-state index in [-0.39, 0.29) is 17.0 Å². The van der Waals surface area contributed by atoms with E-state index in [4.69, 9.17) is 0 Å². The highest BCUT2D eigenvalue weighted by atomic mass is 32.2. The van der Waals surface area contributed by atoms with Crippen molar-refractivity contribution in [3.63, 3.8) is 0 Å². The fourth-order valence-corrected chi connectivity index (χ4v) is 3.55. The van der Waals surface area contributed by atoms with E-state index in [1.807, 2.05) is 20.8 Å². The van der Waals surface area contributed by atoms with Crippen LogP contribution in [-0.4, -0.2) is 49.4 Å². The normalized spacial score (nSPS) is 12.6. The molecule has 0 aliphatic carbocycles. The highest BCUT2D eigenvalue weighted by Gasteiger charge is 2.15. The molecule has 0 radical (unpaired) electrons. The molecule has 1 heterocycles. The number of urea groups is 1. The molecule has 0 fully saturated rings. The highest BCUT2D eigenvalue weighted by molar-refractivity contribution is 7.90. The van der Waals surface area contributed by atoms with Gasteiger partial charge in [-0.15, -0.1) is 0 Å². The summed E-state index contributed by atoms with van der Waals surface area (Å²) in [4.78, 5) is 14.3. The number of H-pyrrole nitrogens is 1. The Hall–Kier alpha value is -2.35. The van der Waals surface area contributed by atoms with E-state index >= 15 is 0 Å². The predicted octanol–water partition coefficient (Wildman–Crippen LogP) is 2.77. The summed E-state index contributed by atoms with van der Waals surface area (Å²) in [5.41, 5.74) is 4.15. The average molecular weight is 393 g/mol. The Morgan fingerprint density at radius 3 is 2.41 bits per heavy atom. The van der Waals surface area contributed by atoms with Crippen molar-refractivity contribution < 1.29 is 13.2 Å². The van der Waals surface area contributed by atoms with Gasteiger partial charge in [0.25, 0.3) is 0 Å². The summed E-state index contributed by atoms with van der Waals surface area (Å²) in [6.07, 6.45) is 2.89. The van der Waals surface area contributed by atoms with Crippen LogP contribution in [-0.2, 0) is 16.3 Å². The second kappa shape index (κ2) is 8.56. The SMILES string of the molecule is Cc1n[nH]c(C)c1CCCN(C)C(=O)N[C@H](C)c1ccc(S(C)(=O)=O)cc1. The van der Waals surface area contributed by atoms with Crippen LogP contribution < -0.4 is 5.32 Å². The van der Waals surface area contributed by atoms with Crippen molar-refractivity contribution >= 4 is 15.9 Å². The third-order valence-corrected chi connectivity index (χ3v) is 5.82. The molecule has 0 saturated carbocycles. The van der Waals surface area contributed by atoms with Gasteiger partial charge in [-0.25, -0.2) is 13.2 Å². The van der Waals surface area contributed by atoms with Crippen LogP contribution in [0.15, 0.2) is 29.2 Å². The van der Waals surface area contributed by atoms with E-state index in [0.717, 1.165) is 29.8 Å². The van der Waals surface area contributed by atoms with Crippen molar-refractivity contribution in [1.82, 2.24) is 20.4 Å². The summed E-state index contributed by atoms with van der Waals surface area (Å²) < 4.78 is 23.1. The lowest BCUT2D eigenvalue weighted by atomic mass is 10.1. The van der Waals surface area contributed by atoms with Gasteiger partial charge in [0, 0.05) is 25.5 Å². The minimum Gasteiger partial charge on any atom is -0.331 e. The van der Waals surface area contributed by atoms with Gasteiger partial charge in [0.15, 0.2) is 9.84 Å². The number of carbonyl (C=O) groups excluding carboxylic acids is 1. The number of amides is 2. The molecule has 148 valence electrons. The molecule has 2 rings (SSSR count). The lowest BCUT2D eigenvalue weighted by Crippen LogP contribution is -2.39. The first kappa shape index (κ1) is 21.0. The molecule has 2 aromatic rings. The fourth-order valence-electron chi connectivity index (χ4n) is 2.92. The van der Waals surface area contributed by atoms with Crippen molar-refractivity contribution in [2.75, 3.05) is 19.8 Å². The summed E-state index contributed by atoms with van der Waals surface area (Å²) in [6.45, 7) is 6.49. The van der Waals surface area contributed by atoms with Crippen molar-refractivity contribution in [3.05, 3.63) is 46.8 Å². The first-order chi connectivity index (χ1) is 12.6. The smallest absolute Gasteiger partial charge is 0.317 e. The van der Waals surface area contributed by atoms with Gasteiger partial charge in [0.1, 0.15) is 0 Å². The van der Waals surface area contributed by atoms with Crippen LogP contribution >= 0.6 is 0 Å². The van der Waals surface area contributed by atoms with Gasteiger partial charge in [-0.3, -0.25) is 5.10 Å². The molecule has 7 nitrogen and oxygen atoms in total. The zero-order chi connectivity index (χ0) is 20.2. The number of hydrogen-bond donors (Lipinski definition) is 2.